The van der Waals surface area contributed by atoms with Gasteiger partial charge in [-0.2, -0.15) is 0 Å². The van der Waals surface area contributed by atoms with Crippen molar-refractivity contribution < 1.29 is 24.2 Å². The molecule has 0 aliphatic carbocycles. The van der Waals surface area contributed by atoms with Crippen LogP contribution in [0, 0.1) is 6.92 Å². The number of hydrogen-bond acceptors (Lipinski definition) is 4. The van der Waals surface area contributed by atoms with E-state index in [0.29, 0.717) is 23.2 Å². The maximum absolute atomic E-state index is 12.3. The van der Waals surface area contributed by atoms with Gasteiger partial charge in [-0.05, 0) is 25.8 Å². The van der Waals surface area contributed by atoms with Gasteiger partial charge in [0.2, 0.25) is 0 Å². The number of H-pyrrole nitrogens is 1. The van der Waals surface area contributed by atoms with Crippen LogP contribution in [0.5, 0.6) is 0 Å². The molecule has 3 N–H and O–H groups in total. The van der Waals surface area contributed by atoms with Crippen LogP contribution in [0.3, 0.4) is 0 Å². The number of aromatic nitrogens is 1. The van der Waals surface area contributed by atoms with Crippen LogP contribution in [0.25, 0.3) is 0 Å². The Balaban J connectivity index is 3.14. The van der Waals surface area contributed by atoms with Gasteiger partial charge in [-0.15, -0.1) is 0 Å². The number of carboxylic acids is 1. The second-order valence-electron chi connectivity index (χ2n) is 5.10. The lowest BCUT2D eigenvalue weighted by molar-refractivity contribution is -0.140. The summed E-state index contributed by atoms with van der Waals surface area (Å²) in [4.78, 5) is 38.1. The summed E-state index contributed by atoms with van der Waals surface area (Å²) in [6, 6.07) is -1.14. The number of rotatable bonds is 8. The highest BCUT2D eigenvalue weighted by molar-refractivity contribution is 6.03. The number of aryl methyl sites for hydroxylation is 1. The Labute approximate surface area is 129 Å². The summed E-state index contributed by atoms with van der Waals surface area (Å²) in [5.74, 6) is -1.85. The number of carboxylic acid groups (broad SMARTS) is 1. The molecule has 7 heteroatoms. The minimum atomic E-state index is -1.18. The molecule has 122 valence electrons. The van der Waals surface area contributed by atoms with Gasteiger partial charge >= 0.3 is 5.97 Å². The number of aromatic amines is 1. The lowest BCUT2D eigenvalue weighted by Gasteiger charge is -2.13. The van der Waals surface area contributed by atoms with E-state index in [2.05, 4.69) is 10.3 Å². The Morgan fingerprint density at radius 1 is 1.36 bits per heavy atom. The van der Waals surface area contributed by atoms with Gasteiger partial charge in [-0.25, -0.2) is 4.79 Å². The predicted octanol–water partition coefficient (Wildman–Crippen LogP) is 1.31. The van der Waals surface area contributed by atoms with Crippen molar-refractivity contribution in [2.24, 2.45) is 0 Å². The zero-order chi connectivity index (χ0) is 16.9. The molecule has 0 saturated carbocycles. The fourth-order valence-corrected chi connectivity index (χ4v) is 2.42. The molecule has 0 fully saturated rings. The number of amides is 1. The van der Waals surface area contributed by atoms with Crippen LogP contribution >= 0.6 is 0 Å². The van der Waals surface area contributed by atoms with E-state index in [-0.39, 0.29) is 18.1 Å². The molecule has 22 heavy (non-hydrogen) atoms. The fourth-order valence-electron chi connectivity index (χ4n) is 2.42. The lowest BCUT2D eigenvalue weighted by Crippen LogP contribution is -2.44. The van der Waals surface area contributed by atoms with Crippen LogP contribution in [-0.4, -0.2) is 47.5 Å². The monoisotopic (exact) mass is 310 g/mol. The topological polar surface area (TPSA) is 108 Å². The molecule has 0 aromatic carbocycles. The largest absolute Gasteiger partial charge is 0.480 e. The standard InChI is InChI=1S/C15H22N2O5/c1-5-6-10-12(9(3)18)8(2)16-13(10)14(19)17-11(7-22-4)15(20)21/h11,16H,5-7H2,1-4H3,(H,17,19)(H,20,21). The molecule has 0 bridgehead atoms. The van der Waals surface area contributed by atoms with E-state index < -0.39 is 17.9 Å². The van der Waals surface area contributed by atoms with E-state index in [9.17, 15) is 14.4 Å². The molecule has 1 atom stereocenters. The molecule has 0 aliphatic heterocycles. The van der Waals surface area contributed by atoms with Crippen molar-refractivity contribution in [1.82, 2.24) is 10.3 Å². The number of hydrogen-bond donors (Lipinski definition) is 3. The normalized spacial score (nSPS) is 12.0. The van der Waals surface area contributed by atoms with Crippen LogP contribution in [0.15, 0.2) is 0 Å². The molecule has 0 radical (unpaired) electrons. The van der Waals surface area contributed by atoms with Crippen molar-refractivity contribution in [3.63, 3.8) is 0 Å². The van der Waals surface area contributed by atoms with Crippen molar-refractivity contribution in [1.29, 1.82) is 0 Å². The summed E-state index contributed by atoms with van der Waals surface area (Å²) < 4.78 is 4.79. The summed E-state index contributed by atoms with van der Waals surface area (Å²) >= 11 is 0. The summed E-state index contributed by atoms with van der Waals surface area (Å²) in [5, 5.41) is 11.5. The average Bonchev–Trinajstić information content (AvgIpc) is 2.75. The van der Waals surface area contributed by atoms with Gasteiger partial charge in [0.05, 0.1) is 6.61 Å². The number of carbonyl (C=O) groups excluding carboxylic acids is 2. The number of nitrogens with one attached hydrogen (secondary N) is 2. The van der Waals surface area contributed by atoms with Crippen LogP contribution < -0.4 is 5.32 Å². The Hall–Kier alpha value is -2.15. The first-order valence-electron chi connectivity index (χ1n) is 7.08. The van der Waals surface area contributed by atoms with E-state index in [1.54, 1.807) is 6.92 Å². The quantitative estimate of drug-likeness (QED) is 0.627. The van der Waals surface area contributed by atoms with Crippen LogP contribution in [0.2, 0.25) is 0 Å². The number of ketones is 1. The first kappa shape index (κ1) is 17.9. The highest BCUT2D eigenvalue weighted by Gasteiger charge is 2.26. The number of carbonyl (C=O) groups is 3. The van der Waals surface area contributed by atoms with E-state index in [1.807, 2.05) is 6.92 Å². The minimum absolute atomic E-state index is 0.122. The van der Waals surface area contributed by atoms with Crippen molar-refractivity contribution in [2.75, 3.05) is 13.7 Å². The molecular formula is C15H22N2O5. The van der Waals surface area contributed by atoms with Crippen molar-refractivity contribution in [2.45, 2.75) is 39.7 Å². The number of methoxy groups -OCH3 is 1. The Kier molecular flexibility index (Phi) is 6.30. The first-order chi connectivity index (χ1) is 10.3. The molecular weight excluding hydrogens is 288 g/mol. The third kappa shape index (κ3) is 3.94. The summed E-state index contributed by atoms with van der Waals surface area (Å²) in [6.07, 6.45) is 1.32. The Morgan fingerprint density at radius 3 is 2.45 bits per heavy atom. The van der Waals surface area contributed by atoms with Gasteiger partial charge in [-0.1, -0.05) is 13.3 Å². The molecule has 1 heterocycles. The summed E-state index contributed by atoms with van der Waals surface area (Å²) in [6.45, 7) is 4.97. The van der Waals surface area contributed by atoms with E-state index in [0.717, 1.165) is 6.42 Å². The molecule has 1 aromatic heterocycles. The molecule has 1 aromatic rings. The predicted molar refractivity (Wildman–Crippen MR) is 80.3 cm³/mol. The molecule has 0 saturated heterocycles. The third-order valence-corrected chi connectivity index (χ3v) is 3.31. The van der Waals surface area contributed by atoms with Crippen molar-refractivity contribution in [3.8, 4) is 0 Å². The Morgan fingerprint density at radius 2 is 2.00 bits per heavy atom. The molecule has 1 unspecified atom stereocenters. The maximum atomic E-state index is 12.3. The second kappa shape index (κ2) is 7.74. The highest BCUT2D eigenvalue weighted by Crippen LogP contribution is 2.21. The van der Waals surface area contributed by atoms with Crippen LogP contribution in [0.1, 0.15) is 52.4 Å². The van der Waals surface area contributed by atoms with Gasteiger partial charge in [0, 0.05) is 18.4 Å². The zero-order valence-electron chi connectivity index (χ0n) is 13.3. The number of ether oxygens (including phenoxy) is 1. The highest BCUT2D eigenvalue weighted by atomic mass is 16.5. The Bertz CT molecular complexity index is 577. The van der Waals surface area contributed by atoms with Gasteiger partial charge in [0.15, 0.2) is 11.8 Å². The lowest BCUT2D eigenvalue weighted by atomic mass is 10.0. The summed E-state index contributed by atoms with van der Waals surface area (Å²) in [5.41, 5.74) is 1.99. The smallest absolute Gasteiger partial charge is 0.328 e. The van der Waals surface area contributed by atoms with Gasteiger partial charge < -0.3 is 20.1 Å². The van der Waals surface area contributed by atoms with E-state index >= 15 is 0 Å². The molecule has 0 spiro atoms. The van der Waals surface area contributed by atoms with Gasteiger partial charge in [0.25, 0.3) is 5.91 Å². The minimum Gasteiger partial charge on any atom is -0.480 e. The average molecular weight is 310 g/mol. The van der Waals surface area contributed by atoms with Gasteiger partial charge in [0.1, 0.15) is 5.69 Å². The zero-order valence-corrected chi connectivity index (χ0v) is 13.3. The van der Waals surface area contributed by atoms with Crippen LogP contribution in [0.4, 0.5) is 0 Å². The van der Waals surface area contributed by atoms with Crippen molar-refractivity contribution >= 4 is 17.7 Å². The SMILES string of the molecule is CCCc1c(C(=O)NC(COC)C(=O)O)[nH]c(C)c1C(C)=O. The fraction of sp³-hybridized carbons (Fsp3) is 0.533. The van der Waals surface area contributed by atoms with E-state index in [4.69, 9.17) is 9.84 Å². The molecule has 1 rings (SSSR count). The first-order valence-corrected chi connectivity index (χ1v) is 7.08. The second-order valence-corrected chi connectivity index (χ2v) is 5.10. The van der Waals surface area contributed by atoms with Crippen LogP contribution in [-0.2, 0) is 16.0 Å². The van der Waals surface area contributed by atoms with Crippen molar-refractivity contribution in [3.05, 3.63) is 22.5 Å². The molecule has 1 amide bonds. The number of Topliss-reactive ketones (excluding diaryl/α,β-unsaturated/α-hetero) is 1. The van der Waals surface area contributed by atoms with Gasteiger partial charge in [-0.3, -0.25) is 9.59 Å². The molecule has 0 aliphatic rings. The third-order valence-electron chi connectivity index (χ3n) is 3.31. The summed E-state index contributed by atoms with van der Waals surface area (Å²) in [7, 11) is 1.36. The van der Waals surface area contributed by atoms with E-state index in [1.165, 1.54) is 14.0 Å². The molecule has 7 nitrogen and oxygen atoms in total. The number of aliphatic carboxylic acids is 1. The maximum Gasteiger partial charge on any atom is 0.328 e.